The average molecular weight is 145 g/mol. The molecule has 0 aromatic heterocycles. The fourth-order valence-electron chi connectivity index (χ4n) is 0.765. The quantitative estimate of drug-likeness (QED) is 0.490. The van der Waals surface area contributed by atoms with E-state index in [2.05, 4.69) is 17.6 Å². The highest BCUT2D eigenvalue weighted by molar-refractivity contribution is 4.65. The zero-order valence-corrected chi connectivity index (χ0v) is 7.15. The van der Waals surface area contributed by atoms with Gasteiger partial charge in [0.15, 0.2) is 0 Å². The molecule has 0 aromatic rings. The van der Waals surface area contributed by atoms with E-state index < -0.39 is 0 Å². The van der Waals surface area contributed by atoms with Crippen LogP contribution in [0.2, 0.25) is 0 Å². The monoisotopic (exact) mass is 145 g/mol. The lowest BCUT2D eigenvalue weighted by Gasteiger charge is -2.14. The lowest BCUT2D eigenvalue weighted by molar-refractivity contribution is 0.499. The van der Waals surface area contributed by atoms with Crippen molar-refractivity contribution in [2.75, 3.05) is 20.1 Å². The summed E-state index contributed by atoms with van der Waals surface area (Å²) in [5, 5.41) is 6.38. The Hall–Kier alpha value is -0.120. The fourth-order valence-corrected chi connectivity index (χ4v) is 0.765. The van der Waals surface area contributed by atoms with E-state index >= 15 is 0 Å². The first-order chi connectivity index (χ1) is 4.66. The SMILES string of the molecule is CNCC(C)NCC(C)N. The van der Waals surface area contributed by atoms with Gasteiger partial charge in [-0.25, -0.2) is 0 Å². The summed E-state index contributed by atoms with van der Waals surface area (Å²) in [5.41, 5.74) is 5.55. The average Bonchev–Trinajstić information content (AvgIpc) is 1.85. The molecular weight excluding hydrogens is 126 g/mol. The highest BCUT2D eigenvalue weighted by Crippen LogP contribution is 1.78. The van der Waals surface area contributed by atoms with Crippen molar-refractivity contribution in [1.29, 1.82) is 0 Å². The Morgan fingerprint density at radius 2 is 1.90 bits per heavy atom. The van der Waals surface area contributed by atoms with Gasteiger partial charge in [-0.05, 0) is 20.9 Å². The van der Waals surface area contributed by atoms with Gasteiger partial charge >= 0.3 is 0 Å². The first-order valence-corrected chi connectivity index (χ1v) is 3.80. The molecule has 0 bridgehead atoms. The van der Waals surface area contributed by atoms with Crippen molar-refractivity contribution < 1.29 is 0 Å². The summed E-state index contributed by atoms with van der Waals surface area (Å²) in [4.78, 5) is 0. The summed E-state index contributed by atoms with van der Waals surface area (Å²) in [7, 11) is 1.95. The van der Waals surface area contributed by atoms with E-state index in [4.69, 9.17) is 5.73 Å². The van der Waals surface area contributed by atoms with Gasteiger partial charge < -0.3 is 16.4 Å². The maximum absolute atomic E-state index is 5.55. The first kappa shape index (κ1) is 9.88. The smallest absolute Gasteiger partial charge is 0.0164 e. The summed E-state index contributed by atoms with van der Waals surface area (Å²) in [5.74, 6) is 0. The number of nitrogens with two attached hydrogens (primary N) is 1. The van der Waals surface area contributed by atoms with Crippen molar-refractivity contribution in [3.63, 3.8) is 0 Å². The van der Waals surface area contributed by atoms with Crippen LogP contribution in [-0.2, 0) is 0 Å². The van der Waals surface area contributed by atoms with Crippen LogP contribution < -0.4 is 16.4 Å². The van der Waals surface area contributed by atoms with Gasteiger partial charge in [0.2, 0.25) is 0 Å². The molecule has 0 amide bonds. The van der Waals surface area contributed by atoms with E-state index in [0.29, 0.717) is 6.04 Å². The number of hydrogen-bond donors (Lipinski definition) is 3. The van der Waals surface area contributed by atoms with Gasteiger partial charge in [0.25, 0.3) is 0 Å². The van der Waals surface area contributed by atoms with E-state index in [1.165, 1.54) is 0 Å². The van der Waals surface area contributed by atoms with Crippen LogP contribution >= 0.6 is 0 Å². The van der Waals surface area contributed by atoms with Crippen molar-refractivity contribution >= 4 is 0 Å². The Morgan fingerprint density at radius 3 is 2.30 bits per heavy atom. The van der Waals surface area contributed by atoms with Crippen LogP contribution in [0.5, 0.6) is 0 Å². The third-order valence-corrected chi connectivity index (χ3v) is 1.30. The zero-order valence-electron chi connectivity index (χ0n) is 7.15. The molecule has 0 radical (unpaired) electrons. The predicted octanol–water partition coefficient (Wildman–Crippen LogP) is -0.469. The second-order valence-electron chi connectivity index (χ2n) is 2.84. The number of rotatable bonds is 5. The van der Waals surface area contributed by atoms with Crippen molar-refractivity contribution in [3.05, 3.63) is 0 Å². The molecule has 0 saturated heterocycles. The van der Waals surface area contributed by atoms with Gasteiger partial charge in [0.05, 0.1) is 0 Å². The summed E-state index contributed by atoms with van der Waals surface area (Å²) >= 11 is 0. The molecule has 0 fully saturated rings. The van der Waals surface area contributed by atoms with E-state index in [0.717, 1.165) is 13.1 Å². The summed E-state index contributed by atoms with van der Waals surface area (Å²) < 4.78 is 0. The Labute approximate surface area is 63.4 Å². The fraction of sp³-hybridized carbons (Fsp3) is 1.00. The molecule has 0 heterocycles. The Bertz CT molecular complexity index is 73.3. The van der Waals surface area contributed by atoms with E-state index in [1.807, 2.05) is 14.0 Å². The molecule has 4 N–H and O–H groups in total. The molecule has 3 heteroatoms. The lowest BCUT2D eigenvalue weighted by atomic mass is 10.3. The second kappa shape index (κ2) is 5.65. The molecule has 0 rings (SSSR count). The standard InChI is InChI=1S/C7H19N3/c1-6(8)4-10-7(2)5-9-3/h6-7,9-10H,4-5,8H2,1-3H3. The molecule has 2 unspecified atom stereocenters. The van der Waals surface area contributed by atoms with Crippen LogP contribution in [-0.4, -0.2) is 32.2 Å². The molecule has 62 valence electrons. The van der Waals surface area contributed by atoms with Crippen LogP contribution in [0.4, 0.5) is 0 Å². The third kappa shape index (κ3) is 6.01. The number of likely N-dealkylation sites (N-methyl/N-ethyl adjacent to an activating group) is 1. The topological polar surface area (TPSA) is 50.1 Å². The molecule has 10 heavy (non-hydrogen) atoms. The van der Waals surface area contributed by atoms with Gasteiger partial charge in [0, 0.05) is 25.2 Å². The minimum absolute atomic E-state index is 0.249. The first-order valence-electron chi connectivity index (χ1n) is 3.80. The Balaban J connectivity index is 3.12. The third-order valence-electron chi connectivity index (χ3n) is 1.30. The van der Waals surface area contributed by atoms with Crippen LogP contribution in [0.1, 0.15) is 13.8 Å². The molecule has 0 aliphatic rings. The van der Waals surface area contributed by atoms with E-state index in [9.17, 15) is 0 Å². The molecule has 0 saturated carbocycles. The van der Waals surface area contributed by atoms with Gasteiger partial charge in [-0.15, -0.1) is 0 Å². The minimum Gasteiger partial charge on any atom is -0.327 e. The second-order valence-corrected chi connectivity index (χ2v) is 2.84. The Kier molecular flexibility index (Phi) is 5.58. The van der Waals surface area contributed by atoms with E-state index in [-0.39, 0.29) is 6.04 Å². The molecule has 2 atom stereocenters. The molecule has 0 aliphatic heterocycles. The van der Waals surface area contributed by atoms with Crippen LogP contribution in [0.3, 0.4) is 0 Å². The van der Waals surface area contributed by atoms with Crippen LogP contribution in [0.25, 0.3) is 0 Å². The summed E-state index contributed by atoms with van der Waals surface area (Å²) in [6, 6.07) is 0.760. The highest BCUT2D eigenvalue weighted by atomic mass is 15.0. The maximum Gasteiger partial charge on any atom is 0.0164 e. The van der Waals surface area contributed by atoms with Crippen molar-refractivity contribution in [2.45, 2.75) is 25.9 Å². The molecule has 0 aromatic carbocycles. The summed E-state index contributed by atoms with van der Waals surface area (Å²) in [6.07, 6.45) is 0. The highest BCUT2D eigenvalue weighted by Gasteiger charge is 1.99. The number of nitrogens with one attached hydrogen (secondary N) is 2. The predicted molar refractivity (Wildman–Crippen MR) is 45.0 cm³/mol. The van der Waals surface area contributed by atoms with Gasteiger partial charge in [-0.3, -0.25) is 0 Å². The lowest BCUT2D eigenvalue weighted by Crippen LogP contribution is -2.40. The zero-order chi connectivity index (χ0) is 7.98. The van der Waals surface area contributed by atoms with Gasteiger partial charge in [-0.2, -0.15) is 0 Å². The van der Waals surface area contributed by atoms with Gasteiger partial charge in [0.1, 0.15) is 0 Å². The van der Waals surface area contributed by atoms with Crippen molar-refractivity contribution in [2.24, 2.45) is 5.73 Å². The molecular formula is C7H19N3. The normalized spacial score (nSPS) is 16.8. The molecule has 0 spiro atoms. The minimum atomic E-state index is 0.249. The summed E-state index contributed by atoms with van der Waals surface area (Å²) in [6.45, 7) is 6.02. The molecule has 3 nitrogen and oxygen atoms in total. The maximum atomic E-state index is 5.55. The van der Waals surface area contributed by atoms with Gasteiger partial charge in [-0.1, -0.05) is 0 Å². The van der Waals surface area contributed by atoms with Crippen molar-refractivity contribution in [3.8, 4) is 0 Å². The number of hydrogen-bond acceptors (Lipinski definition) is 3. The largest absolute Gasteiger partial charge is 0.327 e. The van der Waals surface area contributed by atoms with E-state index in [1.54, 1.807) is 0 Å². The van der Waals surface area contributed by atoms with Crippen LogP contribution in [0.15, 0.2) is 0 Å². The van der Waals surface area contributed by atoms with Crippen LogP contribution in [0, 0.1) is 0 Å². The van der Waals surface area contributed by atoms with Crippen molar-refractivity contribution in [1.82, 2.24) is 10.6 Å². The Morgan fingerprint density at radius 1 is 1.30 bits per heavy atom. The molecule has 0 aliphatic carbocycles.